The predicted octanol–water partition coefficient (Wildman–Crippen LogP) is 3.20. The molecule has 3 rings (SSSR count). The molecule has 0 atom stereocenters. The van der Waals surface area contributed by atoms with E-state index in [0.29, 0.717) is 12.8 Å². The molecule has 30 heavy (non-hydrogen) atoms. The maximum atomic E-state index is 12.3. The first kappa shape index (κ1) is 21.5. The lowest BCUT2D eigenvalue weighted by atomic mass is 9.99. The SMILES string of the molecule is Cc1cccc(C)c1NC(=O)CNC(=O)CCc1c(C)nc2c(c(C)nn2C)c1C. The first-order chi connectivity index (χ1) is 14.2. The fraction of sp³-hybridized carbons (Fsp3) is 0.391. The predicted molar refractivity (Wildman–Crippen MR) is 119 cm³/mol. The number of aromatic nitrogens is 3. The Kier molecular flexibility index (Phi) is 6.20. The number of carbonyl (C=O) groups excluding carboxylic acids is 2. The van der Waals surface area contributed by atoms with Crippen molar-refractivity contribution in [3.8, 4) is 0 Å². The number of carbonyl (C=O) groups is 2. The van der Waals surface area contributed by atoms with E-state index in [-0.39, 0.29) is 18.4 Å². The third-order valence-electron chi connectivity index (χ3n) is 5.52. The highest BCUT2D eigenvalue weighted by Crippen LogP contribution is 2.26. The number of aryl methyl sites for hydroxylation is 6. The summed E-state index contributed by atoms with van der Waals surface area (Å²) in [7, 11) is 1.89. The van der Waals surface area contributed by atoms with Gasteiger partial charge in [0.05, 0.1) is 12.2 Å². The van der Waals surface area contributed by atoms with Gasteiger partial charge in [-0.25, -0.2) is 4.98 Å². The summed E-state index contributed by atoms with van der Waals surface area (Å²) >= 11 is 0. The second-order valence-electron chi connectivity index (χ2n) is 7.80. The van der Waals surface area contributed by atoms with Crippen molar-refractivity contribution in [2.24, 2.45) is 7.05 Å². The number of benzene rings is 1. The molecular formula is C23H29N5O2. The minimum Gasteiger partial charge on any atom is -0.347 e. The van der Waals surface area contributed by atoms with Crippen LogP contribution in [0.15, 0.2) is 18.2 Å². The zero-order chi connectivity index (χ0) is 22.0. The minimum atomic E-state index is -0.234. The normalized spacial score (nSPS) is 11.0. The van der Waals surface area contributed by atoms with Crippen molar-refractivity contribution < 1.29 is 9.59 Å². The third kappa shape index (κ3) is 4.35. The van der Waals surface area contributed by atoms with Crippen LogP contribution in [0.5, 0.6) is 0 Å². The van der Waals surface area contributed by atoms with E-state index in [1.165, 1.54) is 0 Å². The van der Waals surface area contributed by atoms with Crippen LogP contribution in [-0.2, 0) is 23.1 Å². The summed E-state index contributed by atoms with van der Waals surface area (Å²) < 4.78 is 1.79. The summed E-state index contributed by atoms with van der Waals surface area (Å²) in [6, 6.07) is 5.84. The van der Waals surface area contributed by atoms with Crippen molar-refractivity contribution in [1.29, 1.82) is 0 Å². The monoisotopic (exact) mass is 407 g/mol. The lowest BCUT2D eigenvalue weighted by Gasteiger charge is -2.13. The van der Waals surface area contributed by atoms with Crippen LogP contribution in [0.1, 0.15) is 40.1 Å². The molecule has 1 aromatic carbocycles. The minimum absolute atomic E-state index is 0.0520. The van der Waals surface area contributed by atoms with Gasteiger partial charge in [0.15, 0.2) is 5.65 Å². The average molecular weight is 408 g/mol. The molecule has 0 aliphatic rings. The molecule has 0 aliphatic heterocycles. The molecule has 0 radical (unpaired) electrons. The molecule has 0 aliphatic carbocycles. The summed E-state index contributed by atoms with van der Waals surface area (Å²) in [4.78, 5) is 29.3. The Labute approximate surface area is 176 Å². The van der Waals surface area contributed by atoms with Gasteiger partial charge in [0, 0.05) is 30.2 Å². The molecule has 2 amide bonds. The molecule has 0 bridgehead atoms. The van der Waals surface area contributed by atoms with Crippen molar-refractivity contribution in [2.45, 2.75) is 47.5 Å². The number of anilines is 1. The third-order valence-corrected chi connectivity index (χ3v) is 5.52. The quantitative estimate of drug-likeness (QED) is 0.657. The molecule has 158 valence electrons. The largest absolute Gasteiger partial charge is 0.347 e. The van der Waals surface area contributed by atoms with E-state index in [4.69, 9.17) is 0 Å². The molecule has 0 saturated heterocycles. The van der Waals surface area contributed by atoms with Gasteiger partial charge in [0.2, 0.25) is 11.8 Å². The van der Waals surface area contributed by atoms with Crippen LogP contribution in [-0.4, -0.2) is 33.1 Å². The van der Waals surface area contributed by atoms with E-state index in [1.807, 2.05) is 52.9 Å². The van der Waals surface area contributed by atoms with Gasteiger partial charge in [-0.05, 0) is 63.3 Å². The number of hydrogen-bond donors (Lipinski definition) is 2. The maximum absolute atomic E-state index is 12.3. The molecule has 7 nitrogen and oxygen atoms in total. The van der Waals surface area contributed by atoms with E-state index < -0.39 is 0 Å². The van der Waals surface area contributed by atoms with Crippen LogP contribution in [0.2, 0.25) is 0 Å². The van der Waals surface area contributed by atoms with Crippen LogP contribution in [0.25, 0.3) is 11.0 Å². The zero-order valence-electron chi connectivity index (χ0n) is 18.5. The Morgan fingerprint density at radius 1 is 1.00 bits per heavy atom. The highest BCUT2D eigenvalue weighted by molar-refractivity contribution is 5.95. The molecule has 3 aromatic rings. The molecule has 2 heterocycles. The second-order valence-corrected chi connectivity index (χ2v) is 7.80. The Morgan fingerprint density at radius 2 is 1.67 bits per heavy atom. The van der Waals surface area contributed by atoms with Gasteiger partial charge in [-0.15, -0.1) is 0 Å². The number of pyridine rings is 1. The van der Waals surface area contributed by atoms with Crippen molar-refractivity contribution in [1.82, 2.24) is 20.1 Å². The van der Waals surface area contributed by atoms with Gasteiger partial charge in [0.1, 0.15) is 0 Å². The fourth-order valence-corrected chi connectivity index (χ4v) is 3.93. The van der Waals surface area contributed by atoms with Gasteiger partial charge in [0.25, 0.3) is 0 Å². The summed E-state index contributed by atoms with van der Waals surface area (Å²) in [6.07, 6.45) is 0.865. The van der Waals surface area contributed by atoms with E-state index in [2.05, 4.69) is 27.6 Å². The summed E-state index contributed by atoms with van der Waals surface area (Å²) in [5.41, 5.74) is 7.67. The zero-order valence-corrected chi connectivity index (χ0v) is 18.5. The number of hydrogen-bond acceptors (Lipinski definition) is 4. The molecule has 0 saturated carbocycles. The number of para-hydroxylation sites is 1. The lowest BCUT2D eigenvalue weighted by Crippen LogP contribution is -2.33. The molecular weight excluding hydrogens is 378 g/mol. The highest BCUT2D eigenvalue weighted by Gasteiger charge is 2.16. The second kappa shape index (κ2) is 8.65. The number of fused-ring (bicyclic) bond motifs is 1. The number of amides is 2. The van der Waals surface area contributed by atoms with E-state index >= 15 is 0 Å². The maximum Gasteiger partial charge on any atom is 0.243 e. The standard InChI is InChI=1S/C23H29N5O2/c1-13-8-7-9-14(2)22(13)26-20(30)12-24-19(29)11-10-18-15(3)21-17(5)27-28(6)23(21)25-16(18)4/h7-9H,10-12H2,1-6H3,(H,24,29)(H,26,30). The fourth-order valence-electron chi connectivity index (χ4n) is 3.93. The Balaban J connectivity index is 1.60. The van der Waals surface area contributed by atoms with Gasteiger partial charge in [-0.2, -0.15) is 5.10 Å². The van der Waals surface area contributed by atoms with Crippen LogP contribution in [0, 0.1) is 34.6 Å². The van der Waals surface area contributed by atoms with E-state index in [0.717, 1.165) is 50.4 Å². The lowest BCUT2D eigenvalue weighted by molar-refractivity contribution is -0.124. The van der Waals surface area contributed by atoms with Crippen molar-refractivity contribution in [2.75, 3.05) is 11.9 Å². The Hall–Kier alpha value is -3.22. The summed E-state index contributed by atoms with van der Waals surface area (Å²) in [5, 5.41) is 11.1. The molecule has 2 aromatic heterocycles. The first-order valence-corrected chi connectivity index (χ1v) is 10.1. The van der Waals surface area contributed by atoms with Gasteiger partial charge in [-0.1, -0.05) is 18.2 Å². The summed E-state index contributed by atoms with van der Waals surface area (Å²) in [5.74, 6) is -0.393. The Bertz CT molecular complexity index is 1110. The van der Waals surface area contributed by atoms with E-state index in [9.17, 15) is 9.59 Å². The number of nitrogens with zero attached hydrogens (tertiary/aromatic N) is 3. The van der Waals surface area contributed by atoms with Crippen molar-refractivity contribution >= 4 is 28.5 Å². The molecule has 0 spiro atoms. The van der Waals surface area contributed by atoms with Crippen molar-refractivity contribution in [3.05, 3.63) is 51.8 Å². The smallest absolute Gasteiger partial charge is 0.243 e. The number of nitrogens with one attached hydrogen (secondary N) is 2. The molecule has 2 N–H and O–H groups in total. The van der Waals surface area contributed by atoms with Gasteiger partial charge in [-0.3, -0.25) is 14.3 Å². The molecule has 7 heteroatoms. The van der Waals surface area contributed by atoms with Crippen LogP contribution < -0.4 is 10.6 Å². The molecule has 0 unspecified atom stereocenters. The number of rotatable bonds is 6. The molecule has 0 fully saturated rings. The van der Waals surface area contributed by atoms with Gasteiger partial charge >= 0.3 is 0 Å². The van der Waals surface area contributed by atoms with Crippen LogP contribution >= 0.6 is 0 Å². The average Bonchev–Trinajstić information content (AvgIpc) is 2.96. The highest BCUT2D eigenvalue weighted by atomic mass is 16.2. The van der Waals surface area contributed by atoms with Crippen LogP contribution in [0.4, 0.5) is 5.69 Å². The topological polar surface area (TPSA) is 88.9 Å². The van der Waals surface area contributed by atoms with Gasteiger partial charge < -0.3 is 10.6 Å². The summed E-state index contributed by atoms with van der Waals surface area (Å²) in [6.45, 7) is 9.82. The van der Waals surface area contributed by atoms with Crippen molar-refractivity contribution in [3.63, 3.8) is 0 Å². The van der Waals surface area contributed by atoms with E-state index in [1.54, 1.807) is 4.68 Å². The van der Waals surface area contributed by atoms with Crippen LogP contribution in [0.3, 0.4) is 0 Å². The Morgan fingerprint density at radius 3 is 2.33 bits per heavy atom. The first-order valence-electron chi connectivity index (χ1n) is 10.1.